The van der Waals surface area contributed by atoms with Crippen LogP contribution in [0.25, 0.3) is 0 Å². The minimum atomic E-state index is -0.456. The first-order valence-corrected chi connectivity index (χ1v) is 3.79. The van der Waals surface area contributed by atoms with Crippen LogP contribution in [0.1, 0.15) is 34.1 Å². The van der Waals surface area contributed by atoms with Gasteiger partial charge in [0.25, 0.3) is 0 Å². The summed E-state index contributed by atoms with van der Waals surface area (Å²) in [4.78, 5) is 0. The van der Waals surface area contributed by atoms with Crippen molar-refractivity contribution < 1.29 is 10.2 Å². The normalized spacial score (nSPS) is 18.6. The van der Waals surface area contributed by atoms with Crippen LogP contribution >= 0.6 is 0 Å². The van der Waals surface area contributed by atoms with Crippen molar-refractivity contribution in [3.8, 4) is 0 Å². The summed E-state index contributed by atoms with van der Waals surface area (Å²) < 4.78 is 0. The molecular weight excluding hydrogens is 128 g/mol. The topological polar surface area (TPSA) is 40.5 Å². The Kier molecular flexibility index (Phi) is 3.33. The van der Waals surface area contributed by atoms with Crippen LogP contribution in [0.15, 0.2) is 0 Å². The molecule has 0 heterocycles. The number of hydrogen-bond acceptors (Lipinski definition) is 2. The second-order valence-electron chi connectivity index (χ2n) is 3.42. The lowest BCUT2D eigenvalue weighted by Crippen LogP contribution is -2.38. The molecule has 0 amide bonds. The van der Waals surface area contributed by atoms with E-state index in [9.17, 15) is 10.2 Å². The molecule has 0 rings (SSSR count). The first-order chi connectivity index (χ1) is 4.42. The monoisotopic (exact) mass is 146 g/mol. The maximum Gasteiger partial charge on any atom is 0.0613 e. The fourth-order valence-corrected chi connectivity index (χ4v) is 0.805. The summed E-state index contributed by atoms with van der Waals surface area (Å²) in [5.41, 5.74) is -0.380. The Morgan fingerprint density at radius 2 is 1.70 bits per heavy atom. The molecule has 0 aliphatic heterocycles. The van der Waals surface area contributed by atoms with Crippen LogP contribution in [-0.4, -0.2) is 22.4 Å². The van der Waals surface area contributed by atoms with Crippen LogP contribution < -0.4 is 0 Å². The zero-order valence-corrected chi connectivity index (χ0v) is 7.26. The third-order valence-corrected chi connectivity index (χ3v) is 2.32. The van der Waals surface area contributed by atoms with E-state index < -0.39 is 12.2 Å². The number of rotatable bonds is 3. The van der Waals surface area contributed by atoms with E-state index >= 15 is 0 Å². The van der Waals surface area contributed by atoms with Crippen molar-refractivity contribution in [3.63, 3.8) is 0 Å². The number of hydrogen-bond donors (Lipinski definition) is 2. The van der Waals surface area contributed by atoms with E-state index in [0.29, 0.717) is 6.42 Å². The van der Waals surface area contributed by atoms with Gasteiger partial charge in [0, 0.05) is 5.41 Å². The Morgan fingerprint density at radius 1 is 1.30 bits per heavy atom. The van der Waals surface area contributed by atoms with Gasteiger partial charge in [-0.1, -0.05) is 20.8 Å². The van der Waals surface area contributed by atoms with E-state index in [1.807, 2.05) is 20.8 Å². The summed E-state index contributed by atoms with van der Waals surface area (Å²) in [6, 6.07) is 0. The zero-order valence-electron chi connectivity index (χ0n) is 7.26. The first kappa shape index (κ1) is 9.92. The van der Waals surface area contributed by atoms with Crippen LogP contribution in [0, 0.1) is 5.41 Å². The Morgan fingerprint density at radius 3 is 1.80 bits per heavy atom. The smallest absolute Gasteiger partial charge is 0.0613 e. The van der Waals surface area contributed by atoms with Crippen molar-refractivity contribution in [2.45, 2.75) is 46.3 Å². The average Bonchev–Trinajstić information content (AvgIpc) is 1.86. The molecule has 10 heavy (non-hydrogen) atoms. The van der Waals surface area contributed by atoms with Crippen molar-refractivity contribution in [1.29, 1.82) is 0 Å². The first-order valence-electron chi connectivity index (χ1n) is 3.79. The third kappa shape index (κ3) is 1.96. The molecule has 0 saturated heterocycles. The summed E-state index contributed by atoms with van der Waals surface area (Å²) in [5.74, 6) is 0. The average molecular weight is 146 g/mol. The van der Waals surface area contributed by atoms with Gasteiger partial charge >= 0.3 is 0 Å². The van der Waals surface area contributed by atoms with Crippen LogP contribution in [0.2, 0.25) is 0 Å². The summed E-state index contributed by atoms with van der Waals surface area (Å²) in [6.07, 6.45) is -0.173. The summed E-state index contributed by atoms with van der Waals surface area (Å²) in [6.45, 7) is 7.35. The van der Waals surface area contributed by atoms with Gasteiger partial charge in [-0.05, 0) is 13.3 Å². The number of aliphatic hydroxyl groups is 2. The highest BCUT2D eigenvalue weighted by molar-refractivity contribution is 4.81. The predicted octanol–water partition coefficient (Wildman–Crippen LogP) is 1.16. The van der Waals surface area contributed by atoms with Crippen molar-refractivity contribution in [3.05, 3.63) is 0 Å². The Balaban J connectivity index is 4.09. The standard InChI is InChI=1S/C8H18O2/c1-5-7(10)8(3,4)6(2)9/h6-7,9-10H,5H2,1-4H3/t6-,7+/m1/s1. The van der Waals surface area contributed by atoms with Crippen molar-refractivity contribution in [2.24, 2.45) is 5.41 Å². The minimum Gasteiger partial charge on any atom is -0.393 e. The molecule has 0 spiro atoms. The van der Waals surface area contributed by atoms with Gasteiger partial charge in [0.05, 0.1) is 12.2 Å². The summed E-state index contributed by atoms with van der Waals surface area (Å²) >= 11 is 0. The highest BCUT2D eigenvalue weighted by Crippen LogP contribution is 2.26. The van der Waals surface area contributed by atoms with E-state index in [4.69, 9.17) is 0 Å². The molecule has 2 heteroatoms. The molecule has 0 aromatic heterocycles. The van der Waals surface area contributed by atoms with Gasteiger partial charge in [-0.3, -0.25) is 0 Å². The van der Waals surface area contributed by atoms with Crippen molar-refractivity contribution in [2.75, 3.05) is 0 Å². The van der Waals surface area contributed by atoms with E-state index in [1.165, 1.54) is 0 Å². The van der Waals surface area contributed by atoms with Crippen LogP contribution in [0.3, 0.4) is 0 Å². The van der Waals surface area contributed by atoms with Gasteiger partial charge in [-0.15, -0.1) is 0 Å². The van der Waals surface area contributed by atoms with Gasteiger partial charge in [0.2, 0.25) is 0 Å². The second kappa shape index (κ2) is 3.35. The van der Waals surface area contributed by atoms with Gasteiger partial charge in [0.15, 0.2) is 0 Å². The highest BCUT2D eigenvalue weighted by Gasteiger charge is 2.31. The van der Waals surface area contributed by atoms with Gasteiger partial charge in [-0.2, -0.15) is 0 Å². The molecule has 0 aliphatic rings. The Bertz CT molecular complexity index is 97.4. The molecular formula is C8H18O2. The van der Waals surface area contributed by atoms with Gasteiger partial charge < -0.3 is 10.2 Å². The third-order valence-electron chi connectivity index (χ3n) is 2.32. The summed E-state index contributed by atoms with van der Waals surface area (Å²) in [5, 5.41) is 18.6. The quantitative estimate of drug-likeness (QED) is 0.627. The molecule has 2 nitrogen and oxygen atoms in total. The van der Waals surface area contributed by atoms with Gasteiger partial charge in [0.1, 0.15) is 0 Å². The maximum absolute atomic E-state index is 9.40. The molecule has 0 aromatic rings. The Hall–Kier alpha value is -0.0800. The van der Waals surface area contributed by atoms with Gasteiger partial charge in [-0.25, -0.2) is 0 Å². The van der Waals surface area contributed by atoms with Crippen molar-refractivity contribution >= 4 is 0 Å². The Labute approximate surface area is 62.9 Å². The minimum absolute atomic E-state index is 0.380. The molecule has 2 N–H and O–H groups in total. The predicted molar refractivity (Wildman–Crippen MR) is 41.8 cm³/mol. The van der Waals surface area contributed by atoms with E-state index in [1.54, 1.807) is 6.92 Å². The maximum atomic E-state index is 9.40. The van der Waals surface area contributed by atoms with E-state index in [0.717, 1.165) is 0 Å². The fraction of sp³-hybridized carbons (Fsp3) is 1.00. The van der Waals surface area contributed by atoms with Crippen LogP contribution in [-0.2, 0) is 0 Å². The molecule has 0 radical (unpaired) electrons. The largest absolute Gasteiger partial charge is 0.393 e. The lowest BCUT2D eigenvalue weighted by atomic mass is 9.80. The van der Waals surface area contributed by atoms with E-state index in [-0.39, 0.29) is 5.41 Å². The molecule has 0 saturated carbocycles. The van der Waals surface area contributed by atoms with Crippen molar-refractivity contribution in [1.82, 2.24) is 0 Å². The van der Waals surface area contributed by atoms with E-state index in [2.05, 4.69) is 0 Å². The molecule has 0 bridgehead atoms. The molecule has 62 valence electrons. The SMILES string of the molecule is CC[C@H](O)C(C)(C)[C@@H](C)O. The number of aliphatic hydroxyl groups excluding tert-OH is 2. The lowest BCUT2D eigenvalue weighted by molar-refractivity contribution is -0.0397. The molecule has 2 atom stereocenters. The molecule has 0 aliphatic carbocycles. The molecule has 0 fully saturated rings. The molecule has 0 aromatic carbocycles. The second-order valence-corrected chi connectivity index (χ2v) is 3.42. The zero-order chi connectivity index (χ0) is 8.36. The fourth-order valence-electron chi connectivity index (χ4n) is 0.805. The highest BCUT2D eigenvalue weighted by atomic mass is 16.3. The molecule has 0 unspecified atom stereocenters. The van der Waals surface area contributed by atoms with Crippen LogP contribution in [0.4, 0.5) is 0 Å². The lowest BCUT2D eigenvalue weighted by Gasteiger charge is -2.32. The van der Waals surface area contributed by atoms with Crippen LogP contribution in [0.5, 0.6) is 0 Å². The summed E-state index contributed by atoms with van der Waals surface area (Å²) in [7, 11) is 0.